The van der Waals surface area contributed by atoms with Gasteiger partial charge in [-0.25, -0.2) is 0 Å². The number of carbonyl (C=O) groups excluding carboxylic acids is 1. The van der Waals surface area contributed by atoms with E-state index in [4.69, 9.17) is 11.6 Å². The summed E-state index contributed by atoms with van der Waals surface area (Å²) >= 11 is 9.31. The molecule has 0 saturated carbocycles. The highest BCUT2D eigenvalue weighted by Crippen LogP contribution is 2.30. The van der Waals surface area contributed by atoms with E-state index in [0.717, 1.165) is 10.2 Å². The first-order chi connectivity index (χ1) is 7.56. The van der Waals surface area contributed by atoms with Crippen LogP contribution in [0.3, 0.4) is 0 Å². The lowest BCUT2D eigenvalue weighted by Gasteiger charge is -2.13. The van der Waals surface area contributed by atoms with Crippen molar-refractivity contribution in [2.45, 2.75) is 6.92 Å². The maximum absolute atomic E-state index is 11.2. The van der Waals surface area contributed by atoms with Gasteiger partial charge in [0.1, 0.15) is 0 Å². The number of benzene rings is 1. The van der Waals surface area contributed by atoms with E-state index in [-0.39, 0.29) is 11.9 Å². The standard InChI is InChI=1S/C11H13BrClNO2/c1-7(11(15)16-2)6-14-9-5-3-4-8(13)10(9)12/h3-5,7,14H,6H2,1-2H3. The molecular weight excluding hydrogens is 293 g/mol. The number of methoxy groups -OCH3 is 1. The van der Waals surface area contributed by atoms with Crippen LogP contribution in [0.4, 0.5) is 5.69 Å². The lowest BCUT2D eigenvalue weighted by Crippen LogP contribution is -2.21. The van der Waals surface area contributed by atoms with Gasteiger partial charge in [0, 0.05) is 12.2 Å². The second kappa shape index (κ2) is 6.11. The maximum Gasteiger partial charge on any atom is 0.310 e. The summed E-state index contributed by atoms with van der Waals surface area (Å²) in [5, 5.41) is 3.77. The Bertz CT molecular complexity index is 384. The van der Waals surface area contributed by atoms with Crippen LogP contribution in [-0.4, -0.2) is 19.6 Å². The molecule has 3 nitrogen and oxygen atoms in total. The van der Waals surface area contributed by atoms with E-state index in [1.807, 2.05) is 12.1 Å². The van der Waals surface area contributed by atoms with Crippen molar-refractivity contribution in [3.63, 3.8) is 0 Å². The van der Waals surface area contributed by atoms with Crippen molar-refractivity contribution in [3.8, 4) is 0 Å². The van der Waals surface area contributed by atoms with Crippen molar-refractivity contribution in [1.82, 2.24) is 0 Å². The van der Waals surface area contributed by atoms with E-state index >= 15 is 0 Å². The second-order valence-electron chi connectivity index (χ2n) is 3.41. The predicted molar refractivity (Wildman–Crippen MR) is 68.8 cm³/mol. The lowest BCUT2D eigenvalue weighted by molar-refractivity contribution is -0.144. The number of hydrogen-bond acceptors (Lipinski definition) is 3. The zero-order valence-electron chi connectivity index (χ0n) is 9.09. The zero-order valence-corrected chi connectivity index (χ0v) is 11.4. The van der Waals surface area contributed by atoms with Crippen molar-refractivity contribution in [3.05, 3.63) is 27.7 Å². The molecule has 0 heterocycles. The molecule has 16 heavy (non-hydrogen) atoms. The summed E-state index contributed by atoms with van der Waals surface area (Å²) in [4.78, 5) is 11.2. The summed E-state index contributed by atoms with van der Waals surface area (Å²) in [5.74, 6) is -0.429. The molecule has 0 aliphatic heterocycles. The monoisotopic (exact) mass is 305 g/mol. The minimum absolute atomic E-state index is 0.198. The van der Waals surface area contributed by atoms with Crippen LogP contribution in [-0.2, 0) is 9.53 Å². The van der Waals surface area contributed by atoms with Crippen LogP contribution in [0.15, 0.2) is 22.7 Å². The SMILES string of the molecule is COC(=O)C(C)CNc1cccc(Cl)c1Br. The summed E-state index contributed by atoms with van der Waals surface area (Å²) in [6, 6.07) is 5.53. The van der Waals surface area contributed by atoms with Crippen LogP contribution in [0.25, 0.3) is 0 Å². The predicted octanol–water partition coefficient (Wildman–Crippen LogP) is 3.32. The average Bonchev–Trinajstić information content (AvgIpc) is 2.29. The molecule has 0 bridgehead atoms. The Hall–Kier alpha value is -0.740. The van der Waals surface area contributed by atoms with Crippen LogP contribution in [0.2, 0.25) is 5.02 Å². The first-order valence-electron chi connectivity index (χ1n) is 4.82. The minimum Gasteiger partial charge on any atom is -0.469 e. The van der Waals surface area contributed by atoms with Crippen molar-refractivity contribution < 1.29 is 9.53 Å². The number of esters is 1. The van der Waals surface area contributed by atoms with Gasteiger partial charge in [-0.05, 0) is 28.1 Å². The molecule has 1 atom stereocenters. The van der Waals surface area contributed by atoms with Crippen molar-refractivity contribution in [2.24, 2.45) is 5.92 Å². The quantitative estimate of drug-likeness (QED) is 0.867. The number of anilines is 1. The van der Waals surface area contributed by atoms with Gasteiger partial charge in [0.2, 0.25) is 0 Å². The lowest BCUT2D eigenvalue weighted by atomic mass is 10.2. The largest absolute Gasteiger partial charge is 0.469 e. The first-order valence-corrected chi connectivity index (χ1v) is 5.99. The zero-order chi connectivity index (χ0) is 12.1. The highest BCUT2D eigenvalue weighted by atomic mass is 79.9. The maximum atomic E-state index is 11.2. The Balaban J connectivity index is 2.61. The molecule has 0 aliphatic carbocycles. The number of rotatable bonds is 4. The molecule has 1 unspecified atom stereocenters. The van der Waals surface area contributed by atoms with Gasteiger partial charge in [0.15, 0.2) is 0 Å². The van der Waals surface area contributed by atoms with E-state index < -0.39 is 0 Å². The summed E-state index contributed by atoms with van der Waals surface area (Å²) in [5.41, 5.74) is 0.864. The van der Waals surface area contributed by atoms with E-state index in [1.54, 1.807) is 13.0 Å². The Morgan fingerprint density at radius 1 is 1.62 bits per heavy atom. The molecule has 0 saturated heterocycles. The fourth-order valence-corrected chi connectivity index (χ4v) is 1.77. The molecule has 0 aliphatic rings. The topological polar surface area (TPSA) is 38.3 Å². The third kappa shape index (κ3) is 3.39. The Labute approximate surface area is 108 Å². The van der Waals surface area contributed by atoms with E-state index in [2.05, 4.69) is 26.0 Å². The molecular formula is C11H13BrClNO2. The van der Waals surface area contributed by atoms with Gasteiger partial charge in [-0.3, -0.25) is 4.79 Å². The van der Waals surface area contributed by atoms with Crippen LogP contribution < -0.4 is 5.32 Å². The Morgan fingerprint density at radius 3 is 2.94 bits per heavy atom. The summed E-state index contributed by atoms with van der Waals surface area (Å²) in [6.07, 6.45) is 0. The molecule has 88 valence electrons. The number of ether oxygens (including phenoxy) is 1. The summed E-state index contributed by atoms with van der Waals surface area (Å²) in [7, 11) is 1.38. The highest BCUT2D eigenvalue weighted by Gasteiger charge is 2.13. The molecule has 0 fully saturated rings. The number of nitrogens with one attached hydrogen (secondary N) is 1. The van der Waals surface area contributed by atoms with E-state index in [0.29, 0.717) is 11.6 Å². The number of halogens is 2. The highest BCUT2D eigenvalue weighted by molar-refractivity contribution is 9.10. The normalized spacial score (nSPS) is 12.0. The van der Waals surface area contributed by atoms with Crippen LogP contribution in [0.1, 0.15) is 6.92 Å². The third-order valence-electron chi connectivity index (χ3n) is 2.15. The van der Waals surface area contributed by atoms with E-state index in [9.17, 15) is 4.79 Å². The van der Waals surface area contributed by atoms with Crippen LogP contribution in [0, 0.1) is 5.92 Å². The minimum atomic E-state index is -0.231. The van der Waals surface area contributed by atoms with Gasteiger partial charge in [-0.1, -0.05) is 24.6 Å². The van der Waals surface area contributed by atoms with Gasteiger partial charge < -0.3 is 10.1 Å². The molecule has 0 radical (unpaired) electrons. The molecule has 1 aromatic rings. The molecule has 0 aromatic heterocycles. The Morgan fingerprint density at radius 2 is 2.31 bits per heavy atom. The fourth-order valence-electron chi connectivity index (χ4n) is 1.19. The van der Waals surface area contributed by atoms with Gasteiger partial charge in [-0.15, -0.1) is 0 Å². The third-order valence-corrected chi connectivity index (χ3v) is 3.55. The smallest absolute Gasteiger partial charge is 0.310 e. The van der Waals surface area contributed by atoms with Crippen molar-refractivity contribution in [2.75, 3.05) is 19.0 Å². The van der Waals surface area contributed by atoms with Gasteiger partial charge in [-0.2, -0.15) is 0 Å². The average molecular weight is 307 g/mol. The summed E-state index contributed by atoms with van der Waals surface area (Å²) in [6.45, 7) is 2.31. The van der Waals surface area contributed by atoms with Gasteiger partial charge >= 0.3 is 5.97 Å². The van der Waals surface area contributed by atoms with Crippen molar-refractivity contribution in [1.29, 1.82) is 0 Å². The number of carbonyl (C=O) groups is 1. The fraction of sp³-hybridized carbons (Fsp3) is 0.364. The molecule has 0 amide bonds. The molecule has 0 spiro atoms. The Kier molecular flexibility index (Phi) is 5.09. The van der Waals surface area contributed by atoms with Gasteiger partial charge in [0.05, 0.1) is 22.5 Å². The van der Waals surface area contributed by atoms with E-state index in [1.165, 1.54) is 7.11 Å². The van der Waals surface area contributed by atoms with Gasteiger partial charge in [0.25, 0.3) is 0 Å². The number of hydrogen-bond donors (Lipinski definition) is 1. The molecule has 1 rings (SSSR count). The molecule has 1 N–H and O–H groups in total. The van der Waals surface area contributed by atoms with Crippen molar-refractivity contribution >= 4 is 39.2 Å². The molecule has 1 aromatic carbocycles. The first kappa shape index (κ1) is 13.3. The van der Waals surface area contributed by atoms with Crippen LogP contribution >= 0.6 is 27.5 Å². The van der Waals surface area contributed by atoms with Crippen LogP contribution in [0.5, 0.6) is 0 Å². The summed E-state index contributed by atoms with van der Waals surface area (Å²) < 4.78 is 5.44. The second-order valence-corrected chi connectivity index (χ2v) is 4.61. The molecule has 5 heteroatoms.